The summed E-state index contributed by atoms with van der Waals surface area (Å²) >= 11 is 5.55. The Kier molecular flexibility index (Phi) is 6.29. The van der Waals surface area contributed by atoms with Crippen molar-refractivity contribution in [1.29, 1.82) is 0 Å². The predicted octanol–water partition coefficient (Wildman–Crippen LogP) is 2.85. The van der Waals surface area contributed by atoms with Gasteiger partial charge < -0.3 is 10.2 Å². The summed E-state index contributed by atoms with van der Waals surface area (Å²) in [4.78, 5) is 27.0. The van der Waals surface area contributed by atoms with Gasteiger partial charge in [0, 0.05) is 51.8 Å². The summed E-state index contributed by atoms with van der Waals surface area (Å²) in [6, 6.07) is 3.27. The Balaban J connectivity index is 1.84. The first-order valence-corrected chi connectivity index (χ1v) is 8.19. The summed E-state index contributed by atoms with van der Waals surface area (Å²) in [5.41, 5.74) is -0.921. The molecule has 1 aromatic rings. The molecule has 0 aliphatic carbocycles. The van der Waals surface area contributed by atoms with E-state index in [1.807, 2.05) is 4.90 Å². The van der Waals surface area contributed by atoms with Gasteiger partial charge in [-0.15, -0.1) is 0 Å². The molecule has 0 aromatic heterocycles. The highest BCUT2D eigenvalue weighted by molar-refractivity contribution is 6.31. The average Bonchev–Trinajstić information content (AvgIpc) is 2.54. The molecule has 2 amide bonds. The van der Waals surface area contributed by atoms with Gasteiger partial charge in [-0.3, -0.25) is 14.5 Å². The lowest BCUT2D eigenvalue weighted by molar-refractivity contribution is -0.137. The van der Waals surface area contributed by atoms with E-state index < -0.39 is 16.8 Å². The van der Waals surface area contributed by atoms with E-state index in [0.717, 1.165) is 12.1 Å². The van der Waals surface area contributed by atoms with Crippen LogP contribution in [0.3, 0.4) is 0 Å². The zero-order valence-corrected chi connectivity index (χ0v) is 14.5. The van der Waals surface area contributed by atoms with Crippen molar-refractivity contribution in [3.63, 3.8) is 0 Å². The average molecular weight is 378 g/mol. The van der Waals surface area contributed by atoms with Gasteiger partial charge in [-0.1, -0.05) is 11.6 Å². The molecule has 1 N–H and O–H groups in total. The second-order valence-electron chi connectivity index (χ2n) is 5.84. The molecule has 1 aliphatic heterocycles. The van der Waals surface area contributed by atoms with Gasteiger partial charge in [-0.2, -0.15) is 13.2 Å². The smallest absolute Gasteiger partial charge is 0.340 e. The Morgan fingerprint density at radius 2 is 1.84 bits per heavy atom. The zero-order chi connectivity index (χ0) is 18.6. The molecule has 0 spiro atoms. The topological polar surface area (TPSA) is 52.7 Å². The van der Waals surface area contributed by atoms with E-state index in [1.54, 1.807) is 4.90 Å². The minimum Gasteiger partial charge on any atom is -0.340 e. The number of halogens is 4. The molecule has 1 heterocycles. The molecule has 0 saturated carbocycles. The van der Waals surface area contributed by atoms with Crippen LogP contribution in [0.5, 0.6) is 0 Å². The highest BCUT2D eigenvalue weighted by atomic mass is 35.5. The number of piperazine rings is 1. The van der Waals surface area contributed by atoms with E-state index in [0.29, 0.717) is 32.7 Å². The Bertz CT molecular complexity index is 644. The van der Waals surface area contributed by atoms with Crippen molar-refractivity contribution in [2.75, 3.05) is 38.0 Å². The maximum atomic E-state index is 12.8. The third-order valence-electron chi connectivity index (χ3n) is 4.03. The zero-order valence-electron chi connectivity index (χ0n) is 13.7. The number of amides is 2. The van der Waals surface area contributed by atoms with Crippen molar-refractivity contribution >= 4 is 29.1 Å². The van der Waals surface area contributed by atoms with Crippen molar-refractivity contribution in [3.05, 3.63) is 28.8 Å². The molecule has 1 saturated heterocycles. The Morgan fingerprint density at radius 3 is 2.40 bits per heavy atom. The van der Waals surface area contributed by atoms with Crippen LogP contribution in [0.4, 0.5) is 18.9 Å². The van der Waals surface area contributed by atoms with Crippen LogP contribution in [0.2, 0.25) is 5.02 Å². The maximum absolute atomic E-state index is 12.8. The number of nitrogens with one attached hydrogen (secondary N) is 1. The number of alkyl halides is 3. The highest BCUT2D eigenvalue weighted by Crippen LogP contribution is 2.36. The molecule has 25 heavy (non-hydrogen) atoms. The van der Waals surface area contributed by atoms with Crippen LogP contribution in [-0.4, -0.2) is 54.3 Å². The first-order valence-electron chi connectivity index (χ1n) is 7.81. The summed E-state index contributed by atoms with van der Waals surface area (Å²) in [5.74, 6) is -0.343. The van der Waals surface area contributed by atoms with Crippen LogP contribution in [-0.2, 0) is 15.8 Å². The normalized spacial score (nSPS) is 16.0. The summed E-state index contributed by atoms with van der Waals surface area (Å²) < 4.78 is 38.4. The van der Waals surface area contributed by atoms with E-state index in [4.69, 9.17) is 11.6 Å². The molecule has 0 unspecified atom stereocenters. The van der Waals surface area contributed by atoms with E-state index in [1.165, 1.54) is 13.0 Å². The molecule has 1 aromatic carbocycles. The predicted molar refractivity (Wildman–Crippen MR) is 88.4 cm³/mol. The Morgan fingerprint density at radius 1 is 1.20 bits per heavy atom. The molecule has 1 fully saturated rings. The number of carbonyl (C=O) groups excluding carboxylic acids is 2. The maximum Gasteiger partial charge on any atom is 0.417 e. The van der Waals surface area contributed by atoms with Crippen LogP contribution in [0.25, 0.3) is 0 Å². The standard InChI is InChI=1S/C16H19ClF3N3O2/c1-11(24)23-8-6-22(7-9-23)5-4-15(25)21-12-2-3-14(17)13(10-12)16(18,19)20/h2-3,10H,4-9H2,1H3,(H,21,25). The van der Waals surface area contributed by atoms with Crippen LogP contribution >= 0.6 is 11.6 Å². The number of carbonyl (C=O) groups is 2. The molecule has 0 radical (unpaired) electrons. The first kappa shape index (κ1) is 19.5. The quantitative estimate of drug-likeness (QED) is 0.877. The fourth-order valence-electron chi connectivity index (χ4n) is 2.59. The van der Waals surface area contributed by atoms with Crippen molar-refractivity contribution in [2.24, 2.45) is 0 Å². The van der Waals surface area contributed by atoms with E-state index >= 15 is 0 Å². The minimum atomic E-state index is -4.58. The second-order valence-corrected chi connectivity index (χ2v) is 6.25. The highest BCUT2D eigenvalue weighted by Gasteiger charge is 2.33. The molecule has 138 valence electrons. The lowest BCUT2D eigenvalue weighted by Gasteiger charge is -2.34. The monoisotopic (exact) mass is 377 g/mol. The van der Waals surface area contributed by atoms with Crippen LogP contribution in [0.15, 0.2) is 18.2 Å². The number of nitrogens with zero attached hydrogens (tertiary/aromatic N) is 2. The first-order chi connectivity index (χ1) is 11.7. The van der Waals surface area contributed by atoms with Gasteiger partial charge in [-0.05, 0) is 18.2 Å². The third-order valence-corrected chi connectivity index (χ3v) is 4.36. The molecule has 9 heteroatoms. The molecule has 5 nitrogen and oxygen atoms in total. The van der Waals surface area contributed by atoms with Gasteiger partial charge in [0.15, 0.2) is 0 Å². The summed E-state index contributed by atoms with van der Waals surface area (Å²) in [5, 5.41) is 2.05. The molecule has 2 rings (SSSR count). The van der Waals surface area contributed by atoms with Crippen molar-refractivity contribution in [3.8, 4) is 0 Å². The van der Waals surface area contributed by atoms with Gasteiger partial charge in [0.25, 0.3) is 0 Å². The molecule has 0 bridgehead atoms. The van der Waals surface area contributed by atoms with Gasteiger partial charge >= 0.3 is 6.18 Å². The van der Waals surface area contributed by atoms with Gasteiger partial charge in [0.1, 0.15) is 0 Å². The fourth-order valence-corrected chi connectivity index (χ4v) is 2.81. The molecule has 0 atom stereocenters. The summed E-state index contributed by atoms with van der Waals surface area (Å²) in [6.45, 7) is 4.58. The number of benzene rings is 1. The Labute approximate surface area is 148 Å². The molecular weight excluding hydrogens is 359 g/mol. The Hall–Kier alpha value is -1.80. The number of hydrogen-bond donors (Lipinski definition) is 1. The van der Waals surface area contributed by atoms with E-state index in [9.17, 15) is 22.8 Å². The van der Waals surface area contributed by atoms with E-state index in [-0.39, 0.29) is 23.9 Å². The number of rotatable bonds is 4. The summed E-state index contributed by atoms with van der Waals surface area (Å²) in [7, 11) is 0. The SMILES string of the molecule is CC(=O)N1CCN(CCC(=O)Nc2ccc(Cl)c(C(F)(F)F)c2)CC1. The molecule has 1 aliphatic rings. The largest absolute Gasteiger partial charge is 0.417 e. The molecular formula is C16H19ClF3N3O2. The third kappa shape index (κ3) is 5.61. The second kappa shape index (κ2) is 8.05. The van der Waals surface area contributed by atoms with Crippen LogP contribution in [0.1, 0.15) is 18.9 Å². The van der Waals surface area contributed by atoms with Gasteiger partial charge in [0.05, 0.1) is 10.6 Å². The van der Waals surface area contributed by atoms with E-state index in [2.05, 4.69) is 5.32 Å². The van der Waals surface area contributed by atoms with Crippen LogP contribution in [0, 0.1) is 0 Å². The van der Waals surface area contributed by atoms with Gasteiger partial charge in [-0.25, -0.2) is 0 Å². The fraction of sp³-hybridized carbons (Fsp3) is 0.500. The minimum absolute atomic E-state index is 0.0283. The van der Waals surface area contributed by atoms with Gasteiger partial charge in [0.2, 0.25) is 11.8 Å². The van der Waals surface area contributed by atoms with Crippen molar-refractivity contribution in [2.45, 2.75) is 19.5 Å². The lowest BCUT2D eigenvalue weighted by Crippen LogP contribution is -2.48. The van der Waals surface area contributed by atoms with Crippen LogP contribution < -0.4 is 5.32 Å². The number of hydrogen-bond acceptors (Lipinski definition) is 3. The lowest BCUT2D eigenvalue weighted by atomic mass is 10.2. The van der Waals surface area contributed by atoms with Crippen molar-refractivity contribution < 1.29 is 22.8 Å². The number of anilines is 1. The van der Waals surface area contributed by atoms with Crippen molar-refractivity contribution in [1.82, 2.24) is 9.80 Å². The summed E-state index contributed by atoms with van der Waals surface area (Å²) in [6.07, 6.45) is -4.42.